The van der Waals surface area contributed by atoms with Crippen LogP contribution in [0.5, 0.6) is 11.5 Å². The van der Waals surface area contributed by atoms with Crippen molar-refractivity contribution in [2.75, 3.05) is 14.2 Å². The monoisotopic (exact) mass is 360 g/mol. The van der Waals surface area contributed by atoms with Gasteiger partial charge in [-0.3, -0.25) is 10.1 Å². The van der Waals surface area contributed by atoms with Gasteiger partial charge < -0.3 is 9.47 Å². The van der Waals surface area contributed by atoms with E-state index in [4.69, 9.17) is 9.47 Å². The van der Waals surface area contributed by atoms with Gasteiger partial charge in [0.1, 0.15) is 6.07 Å². The molecule has 0 aromatic heterocycles. The third-order valence-corrected chi connectivity index (χ3v) is 4.23. The molecule has 0 unspecified atom stereocenters. The summed E-state index contributed by atoms with van der Waals surface area (Å²) in [6.07, 6.45) is 1.65. The molecule has 0 aliphatic heterocycles. The molecule has 6 nitrogen and oxygen atoms in total. The number of ether oxygens (including phenoxy) is 2. The van der Waals surface area contributed by atoms with Crippen molar-refractivity contribution in [2.24, 2.45) is 0 Å². The number of nitrogens with zero attached hydrogens (tertiary/aromatic N) is 2. The van der Waals surface area contributed by atoms with Crippen LogP contribution in [0.15, 0.2) is 54.6 Å². The van der Waals surface area contributed by atoms with Crippen LogP contribution in [0.2, 0.25) is 0 Å². The molecule has 0 N–H and O–H groups in total. The van der Waals surface area contributed by atoms with Gasteiger partial charge in [-0.05, 0) is 28.5 Å². The molecule has 0 spiro atoms. The van der Waals surface area contributed by atoms with Gasteiger partial charge in [-0.1, -0.05) is 42.5 Å². The Kier molecular flexibility index (Phi) is 5.04. The summed E-state index contributed by atoms with van der Waals surface area (Å²) in [6.45, 7) is 0. The molecule has 27 heavy (non-hydrogen) atoms. The first kappa shape index (κ1) is 18.0. The Hall–Kier alpha value is -3.85. The molecule has 0 aliphatic rings. The minimum atomic E-state index is -0.536. The first-order valence-corrected chi connectivity index (χ1v) is 8.09. The molecule has 0 saturated carbocycles. The van der Waals surface area contributed by atoms with Crippen LogP contribution in [-0.4, -0.2) is 19.1 Å². The molecule has 3 rings (SSSR count). The van der Waals surface area contributed by atoms with Crippen LogP contribution in [-0.2, 0) is 0 Å². The van der Waals surface area contributed by atoms with Gasteiger partial charge in [0, 0.05) is 0 Å². The number of nitro benzene ring substituents is 1. The Morgan fingerprint density at radius 1 is 1.07 bits per heavy atom. The van der Waals surface area contributed by atoms with E-state index in [0.717, 1.165) is 16.3 Å². The number of hydrogen-bond donors (Lipinski definition) is 0. The van der Waals surface area contributed by atoms with E-state index < -0.39 is 4.92 Å². The Morgan fingerprint density at radius 2 is 1.74 bits per heavy atom. The number of nitro groups is 1. The third kappa shape index (κ3) is 3.44. The number of hydrogen-bond acceptors (Lipinski definition) is 5. The molecule has 0 saturated heterocycles. The highest BCUT2D eigenvalue weighted by molar-refractivity contribution is 6.00. The average Bonchev–Trinajstić information content (AvgIpc) is 2.71. The first-order chi connectivity index (χ1) is 13.1. The normalized spacial score (nSPS) is 11.1. The van der Waals surface area contributed by atoms with E-state index in [1.165, 1.54) is 26.4 Å². The molecule has 134 valence electrons. The van der Waals surface area contributed by atoms with Crippen LogP contribution < -0.4 is 9.47 Å². The van der Waals surface area contributed by atoms with Gasteiger partial charge in [-0.2, -0.15) is 5.26 Å². The van der Waals surface area contributed by atoms with Crippen LogP contribution in [0.1, 0.15) is 11.1 Å². The average molecular weight is 360 g/mol. The predicted octanol–water partition coefficient (Wildman–Crippen LogP) is 4.83. The molecule has 0 heterocycles. The molecule has 6 heteroatoms. The van der Waals surface area contributed by atoms with E-state index in [0.29, 0.717) is 5.75 Å². The lowest BCUT2D eigenvalue weighted by atomic mass is 9.98. The second-order valence-electron chi connectivity index (χ2n) is 5.72. The first-order valence-electron chi connectivity index (χ1n) is 8.09. The topological polar surface area (TPSA) is 85.4 Å². The molecule has 0 atom stereocenters. The second-order valence-corrected chi connectivity index (χ2v) is 5.72. The summed E-state index contributed by atoms with van der Waals surface area (Å²) in [5.74, 6) is 0.549. The van der Waals surface area contributed by atoms with E-state index in [2.05, 4.69) is 6.07 Å². The maximum Gasteiger partial charge on any atom is 0.281 e. The zero-order valence-electron chi connectivity index (χ0n) is 14.8. The van der Waals surface area contributed by atoms with Crippen molar-refractivity contribution >= 4 is 28.1 Å². The van der Waals surface area contributed by atoms with Crippen molar-refractivity contribution in [3.8, 4) is 17.6 Å². The summed E-state index contributed by atoms with van der Waals surface area (Å²) in [6, 6.07) is 18.3. The number of allylic oxidation sites excluding steroid dienone is 1. The molecular weight excluding hydrogens is 344 g/mol. The summed E-state index contributed by atoms with van der Waals surface area (Å²) in [7, 11) is 2.84. The summed E-state index contributed by atoms with van der Waals surface area (Å²) in [5.41, 5.74) is 0.918. The number of benzene rings is 3. The highest BCUT2D eigenvalue weighted by Crippen LogP contribution is 2.38. The van der Waals surface area contributed by atoms with Crippen LogP contribution >= 0.6 is 0 Å². The fraction of sp³-hybridized carbons (Fsp3) is 0.0952. The van der Waals surface area contributed by atoms with Crippen molar-refractivity contribution in [1.29, 1.82) is 5.26 Å². The Morgan fingerprint density at radius 3 is 2.41 bits per heavy atom. The van der Waals surface area contributed by atoms with Gasteiger partial charge in [-0.25, -0.2) is 0 Å². The largest absolute Gasteiger partial charge is 0.493 e. The van der Waals surface area contributed by atoms with Gasteiger partial charge in [0.2, 0.25) is 0 Å². The molecule has 0 bridgehead atoms. The third-order valence-electron chi connectivity index (χ3n) is 4.23. The quantitative estimate of drug-likeness (QED) is 0.281. The van der Waals surface area contributed by atoms with Crippen LogP contribution in [0.4, 0.5) is 5.69 Å². The van der Waals surface area contributed by atoms with Gasteiger partial charge in [0.25, 0.3) is 5.69 Å². The Balaban J connectivity index is 2.25. The number of methoxy groups -OCH3 is 2. The van der Waals surface area contributed by atoms with Gasteiger partial charge in [0.05, 0.1) is 36.3 Å². The number of rotatable bonds is 5. The second kappa shape index (κ2) is 7.58. The zero-order valence-corrected chi connectivity index (χ0v) is 14.8. The standard InChI is InChI=1S/C21H16N2O4/c1-26-20-11-18(19(23(24)25)12-21(20)27-2)16(13-22)10-15-8-5-7-14-6-3-4-9-17(14)15/h3-12H,1-2H3/b16-10+. The van der Waals surface area contributed by atoms with E-state index in [-0.39, 0.29) is 22.6 Å². The zero-order chi connectivity index (χ0) is 19.4. The lowest BCUT2D eigenvalue weighted by Gasteiger charge is -2.10. The van der Waals surface area contributed by atoms with E-state index in [1.807, 2.05) is 42.5 Å². The highest BCUT2D eigenvalue weighted by atomic mass is 16.6. The molecule has 3 aromatic rings. The van der Waals surface area contributed by atoms with E-state index >= 15 is 0 Å². The molecule has 0 aliphatic carbocycles. The SMILES string of the molecule is COc1cc(/C(C#N)=C/c2cccc3ccccc23)c([N+](=O)[O-])cc1OC. The maximum atomic E-state index is 11.5. The van der Waals surface area contributed by atoms with Crippen molar-refractivity contribution in [3.63, 3.8) is 0 Å². The number of nitriles is 1. The summed E-state index contributed by atoms with van der Waals surface area (Å²) in [4.78, 5) is 11.0. The summed E-state index contributed by atoms with van der Waals surface area (Å²) >= 11 is 0. The lowest BCUT2D eigenvalue weighted by Crippen LogP contribution is -1.99. The minimum absolute atomic E-state index is 0.166. The Labute approximate surface area is 156 Å². The van der Waals surface area contributed by atoms with Crippen molar-refractivity contribution in [1.82, 2.24) is 0 Å². The fourth-order valence-corrected chi connectivity index (χ4v) is 2.94. The van der Waals surface area contributed by atoms with Crippen molar-refractivity contribution < 1.29 is 14.4 Å². The van der Waals surface area contributed by atoms with Crippen molar-refractivity contribution in [2.45, 2.75) is 0 Å². The Bertz CT molecular complexity index is 1090. The smallest absolute Gasteiger partial charge is 0.281 e. The summed E-state index contributed by atoms with van der Waals surface area (Å²) < 4.78 is 10.4. The lowest BCUT2D eigenvalue weighted by molar-refractivity contribution is -0.385. The molecule has 0 amide bonds. The molecule has 3 aromatic carbocycles. The van der Waals surface area contributed by atoms with E-state index in [9.17, 15) is 15.4 Å². The van der Waals surface area contributed by atoms with Gasteiger partial charge in [0.15, 0.2) is 11.5 Å². The molecule has 0 fully saturated rings. The minimum Gasteiger partial charge on any atom is -0.493 e. The van der Waals surface area contributed by atoms with Crippen molar-refractivity contribution in [3.05, 3.63) is 75.8 Å². The highest BCUT2D eigenvalue weighted by Gasteiger charge is 2.22. The van der Waals surface area contributed by atoms with Crippen LogP contribution in [0.3, 0.4) is 0 Å². The van der Waals surface area contributed by atoms with Gasteiger partial charge in [-0.15, -0.1) is 0 Å². The fourth-order valence-electron chi connectivity index (χ4n) is 2.94. The predicted molar refractivity (Wildman–Crippen MR) is 104 cm³/mol. The maximum absolute atomic E-state index is 11.5. The van der Waals surface area contributed by atoms with E-state index in [1.54, 1.807) is 6.08 Å². The molecule has 0 radical (unpaired) electrons. The van der Waals surface area contributed by atoms with Crippen LogP contribution in [0, 0.1) is 21.4 Å². The summed E-state index contributed by atoms with van der Waals surface area (Å²) in [5, 5.41) is 23.2. The number of fused-ring (bicyclic) bond motifs is 1. The van der Waals surface area contributed by atoms with Gasteiger partial charge >= 0.3 is 0 Å². The molecular formula is C21H16N2O4. The van der Waals surface area contributed by atoms with Crippen LogP contribution in [0.25, 0.3) is 22.4 Å².